The topological polar surface area (TPSA) is 66.8 Å². The fraction of sp³-hybridized carbons (Fsp3) is 0.143. The summed E-state index contributed by atoms with van der Waals surface area (Å²) in [7, 11) is 4.20. The summed E-state index contributed by atoms with van der Waals surface area (Å²) in [5.74, 6) is -0.360. The minimum absolute atomic E-state index is 0.0994. The van der Waals surface area contributed by atoms with Crippen molar-refractivity contribution >= 4 is 11.9 Å². The van der Waals surface area contributed by atoms with Crippen molar-refractivity contribution in [1.82, 2.24) is 4.57 Å². The maximum Gasteiger partial charge on any atom is 0.355 e. The predicted octanol–water partition coefficient (Wildman–Crippen LogP) is 7.08. The fourth-order valence-electron chi connectivity index (χ4n) is 5.82. The van der Waals surface area contributed by atoms with Gasteiger partial charge in [-0.1, -0.05) is 66.7 Å². The molecule has 0 bridgehead atoms. The Hall–Kier alpha value is -5.10. The number of methoxy groups -OCH3 is 3. The van der Waals surface area contributed by atoms with Crippen molar-refractivity contribution in [2.75, 3.05) is 21.3 Å². The number of esters is 2. The van der Waals surface area contributed by atoms with E-state index in [9.17, 15) is 9.59 Å². The van der Waals surface area contributed by atoms with E-state index in [1.165, 1.54) is 36.5 Å². The number of rotatable bonds is 7. The van der Waals surface area contributed by atoms with Crippen LogP contribution in [0.25, 0.3) is 27.9 Å². The largest absolute Gasteiger partial charge is 0.497 e. The molecule has 0 fully saturated rings. The molecule has 4 aromatic carbocycles. The number of fused-ring (bicyclic) bond motifs is 3. The number of carbonyl (C=O) groups is 2. The highest BCUT2D eigenvalue weighted by atomic mass is 16.5. The first-order valence-electron chi connectivity index (χ1n) is 13.4. The van der Waals surface area contributed by atoms with E-state index in [1.54, 1.807) is 30.0 Å². The van der Waals surface area contributed by atoms with Crippen LogP contribution in [0.2, 0.25) is 0 Å². The molecular formula is C35H29NO5. The van der Waals surface area contributed by atoms with Gasteiger partial charge >= 0.3 is 11.9 Å². The first-order valence-corrected chi connectivity index (χ1v) is 13.4. The van der Waals surface area contributed by atoms with Crippen LogP contribution in [0.1, 0.15) is 43.5 Å². The van der Waals surface area contributed by atoms with Gasteiger partial charge in [0.25, 0.3) is 0 Å². The Morgan fingerprint density at radius 2 is 1.39 bits per heavy atom. The SMILES string of the molecule is COC(=O)c1c(-c2ccc3c(c2)-c2ccccc2C3Cc2ccccc2)cn(-c2ccc(OC)cc2)c1C(=O)OC. The van der Waals surface area contributed by atoms with Gasteiger partial charge in [0.05, 0.1) is 21.3 Å². The number of aromatic nitrogens is 1. The Labute approximate surface area is 238 Å². The minimum Gasteiger partial charge on any atom is -0.497 e. The van der Waals surface area contributed by atoms with E-state index in [0.29, 0.717) is 17.0 Å². The lowest BCUT2D eigenvalue weighted by Gasteiger charge is -2.14. The van der Waals surface area contributed by atoms with Gasteiger partial charge in [0.2, 0.25) is 0 Å². The highest BCUT2D eigenvalue weighted by Gasteiger charge is 2.32. The summed E-state index contributed by atoms with van der Waals surface area (Å²) in [6, 6.07) is 32.5. The minimum atomic E-state index is -0.637. The number of nitrogens with zero attached hydrogens (tertiary/aromatic N) is 1. The van der Waals surface area contributed by atoms with Crippen molar-refractivity contribution < 1.29 is 23.8 Å². The van der Waals surface area contributed by atoms with Gasteiger partial charge in [0.1, 0.15) is 17.0 Å². The number of benzene rings is 4. The third kappa shape index (κ3) is 4.57. The molecule has 41 heavy (non-hydrogen) atoms. The van der Waals surface area contributed by atoms with Crippen LogP contribution in [-0.2, 0) is 15.9 Å². The van der Waals surface area contributed by atoms with E-state index < -0.39 is 11.9 Å². The molecule has 1 heterocycles. The van der Waals surface area contributed by atoms with Crippen molar-refractivity contribution in [3.05, 3.63) is 131 Å². The van der Waals surface area contributed by atoms with Crippen LogP contribution in [0.4, 0.5) is 0 Å². The van der Waals surface area contributed by atoms with Gasteiger partial charge in [-0.3, -0.25) is 0 Å². The van der Waals surface area contributed by atoms with Crippen LogP contribution in [0, 0.1) is 0 Å². The zero-order chi connectivity index (χ0) is 28.5. The second-order valence-corrected chi connectivity index (χ2v) is 9.95. The Morgan fingerprint density at radius 1 is 0.707 bits per heavy atom. The van der Waals surface area contributed by atoms with Crippen molar-refractivity contribution in [3.8, 4) is 33.7 Å². The predicted molar refractivity (Wildman–Crippen MR) is 158 cm³/mol. The lowest BCUT2D eigenvalue weighted by molar-refractivity contribution is 0.0550. The summed E-state index contributed by atoms with van der Waals surface area (Å²) >= 11 is 0. The Morgan fingerprint density at radius 3 is 2.10 bits per heavy atom. The summed E-state index contributed by atoms with van der Waals surface area (Å²) in [6.07, 6.45) is 2.68. The zero-order valence-electron chi connectivity index (χ0n) is 23.1. The third-order valence-electron chi connectivity index (χ3n) is 7.77. The summed E-state index contributed by atoms with van der Waals surface area (Å²) in [5.41, 5.74) is 8.40. The number of carbonyl (C=O) groups excluding carboxylic acids is 2. The smallest absolute Gasteiger partial charge is 0.355 e. The van der Waals surface area contributed by atoms with Gasteiger partial charge in [0.15, 0.2) is 0 Å². The molecular weight excluding hydrogens is 514 g/mol. The van der Waals surface area contributed by atoms with Gasteiger partial charge in [-0.05, 0) is 70.1 Å². The van der Waals surface area contributed by atoms with Gasteiger partial charge in [-0.25, -0.2) is 9.59 Å². The maximum absolute atomic E-state index is 13.2. The van der Waals surface area contributed by atoms with E-state index in [1.807, 2.05) is 24.3 Å². The molecule has 1 aliphatic carbocycles. The average molecular weight is 544 g/mol. The Balaban J connectivity index is 1.53. The van der Waals surface area contributed by atoms with E-state index in [4.69, 9.17) is 14.2 Å². The normalized spacial score (nSPS) is 13.3. The van der Waals surface area contributed by atoms with Crippen LogP contribution in [0.15, 0.2) is 103 Å². The molecule has 6 nitrogen and oxygen atoms in total. The molecule has 0 saturated heterocycles. The van der Waals surface area contributed by atoms with Gasteiger partial charge in [-0.15, -0.1) is 0 Å². The second-order valence-electron chi connectivity index (χ2n) is 9.95. The fourth-order valence-corrected chi connectivity index (χ4v) is 5.82. The van der Waals surface area contributed by atoms with Crippen LogP contribution < -0.4 is 4.74 Å². The molecule has 204 valence electrons. The van der Waals surface area contributed by atoms with E-state index >= 15 is 0 Å². The molecule has 1 aliphatic rings. The molecule has 6 heteroatoms. The van der Waals surface area contributed by atoms with Crippen molar-refractivity contribution in [3.63, 3.8) is 0 Å². The molecule has 0 spiro atoms. The summed E-state index contributed by atoms with van der Waals surface area (Å²) in [6.45, 7) is 0. The number of ether oxygens (including phenoxy) is 3. The van der Waals surface area contributed by atoms with Gasteiger partial charge in [-0.2, -0.15) is 0 Å². The summed E-state index contributed by atoms with van der Waals surface area (Å²) in [4.78, 5) is 26.3. The maximum atomic E-state index is 13.2. The summed E-state index contributed by atoms with van der Waals surface area (Å²) in [5, 5.41) is 0. The Kier molecular flexibility index (Phi) is 6.89. The van der Waals surface area contributed by atoms with Crippen LogP contribution in [-0.4, -0.2) is 37.8 Å². The molecule has 0 saturated carbocycles. The zero-order valence-corrected chi connectivity index (χ0v) is 23.1. The van der Waals surface area contributed by atoms with Crippen LogP contribution in [0.5, 0.6) is 5.75 Å². The van der Waals surface area contributed by atoms with Crippen LogP contribution >= 0.6 is 0 Å². The number of hydrogen-bond acceptors (Lipinski definition) is 5. The van der Waals surface area contributed by atoms with Crippen molar-refractivity contribution in [2.24, 2.45) is 0 Å². The standard InChI is InChI=1S/C35H29NO5/c1-39-25-16-14-24(15-17-25)36-21-31(32(34(37)40-2)33(36)35(38)41-3)23-13-18-28-29(19-22-9-5-4-6-10-22)26-11-7-8-12-27(26)30(28)20-23/h4-18,20-21,29H,19H2,1-3H3. The highest BCUT2D eigenvalue weighted by Crippen LogP contribution is 2.48. The number of hydrogen-bond donors (Lipinski definition) is 0. The molecule has 1 unspecified atom stereocenters. The van der Waals surface area contributed by atoms with E-state index in [-0.39, 0.29) is 17.2 Å². The van der Waals surface area contributed by atoms with Crippen molar-refractivity contribution in [2.45, 2.75) is 12.3 Å². The lowest BCUT2D eigenvalue weighted by atomic mass is 9.89. The van der Waals surface area contributed by atoms with Gasteiger partial charge < -0.3 is 18.8 Å². The third-order valence-corrected chi connectivity index (χ3v) is 7.77. The molecule has 1 atom stereocenters. The highest BCUT2D eigenvalue weighted by molar-refractivity contribution is 6.08. The van der Waals surface area contributed by atoms with Crippen molar-refractivity contribution in [1.29, 1.82) is 0 Å². The Bertz CT molecular complexity index is 1750. The lowest BCUT2D eigenvalue weighted by Crippen LogP contribution is -2.15. The first-order chi connectivity index (χ1) is 20.0. The first kappa shape index (κ1) is 26.1. The molecule has 0 radical (unpaired) electrons. The van der Waals surface area contributed by atoms with Gasteiger partial charge in [0, 0.05) is 23.4 Å². The molecule has 6 rings (SSSR count). The van der Waals surface area contributed by atoms with Crippen LogP contribution in [0.3, 0.4) is 0 Å². The summed E-state index contributed by atoms with van der Waals surface area (Å²) < 4.78 is 17.3. The average Bonchev–Trinajstić information content (AvgIpc) is 3.57. The second kappa shape index (κ2) is 10.8. The quantitative estimate of drug-likeness (QED) is 0.205. The molecule has 1 aromatic heterocycles. The molecule has 0 aliphatic heterocycles. The molecule has 5 aromatic rings. The molecule has 0 N–H and O–H groups in total. The van der Waals surface area contributed by atoms with E-state index in [2.05, 4.69) is 60.7 Å². The molecule has 0 amide bonds. The van der Waals surface area contributed by atoms with E-state index in [0.717, 1.165) is 17.5 Å². The monoisotopic (exact) mass is 543 g/mol.